The topological polar surface area (TPSA) is 31.4 Å². The molecule has 2 heterocycles. The third-order valence-corrected chi connectivity index (χ3v) is 3.88. The molecule has 122 valence electrons. The highest BCUT2D eigenvalue weighted by Gasteiger charge is 2.18. The first-order valence-corrected chi connectivity index (χ1v) is 8.22. The van der Waals surface area contributed by atoms with Gasteiger partial charge in [-0.15, -0.1) is 0 Å². The van der Waals surface area contributed by atoms with Crippen molar-refractivity contribution in [3.63, 3.8) is 0 Å². The van der Waals surface area contributed by atoms with Crippen molar-refractivity contribution in [1.82, 2.24) is 4.98 Å². The minimum Gasteiger partial charge on any atom is -0.341 e. The number of benzene rings is 1. The molecule has 3 rings (SSSR count). The maximum absolute atomic E-state index is 5.90. The van der Waals surface area contributed by atoms with Crippen molar-refractivity contribution in [2.45, 2.75) is 13.2 Å². The van der Waals surface area contributed by atoms with Crippen LogP contribution in [0.3, 0.4) is 0 Å². The van der Waals surface area contributed by atoms with E-state index in [1.54, 1.807) is 6.20 Å². The lowest BCUT2D eigenvalue weighted by molar-refractivity contribution is -0.160. The Bertz CT molecular complexity index is 749. The Balaban J connectivity index is 1.62. The number of halogens is 1. The second kappa shape index (κ2) is 8.12. The first kappa shape index (κ1) is 16.7. The fourth-order valence-corrected chi connectivity index (χ4v) is 2.51. The van der Waals surface area contributed by atoms with Crippen molar-refractivity contribution >= 4 is 11.6 Å². The summed E-state index contributed by atoms with van der Waals surface area (Å²) in [4.78, 5) is 4.44. The molecule has 0 N–H and O–H groups in total. The summed E-state index contributed by atoms with van der Waals surface area (Å²) in [6.45, 7) is 3.27. The van der Waals surface area contributed by atoms with E-state index in [0.29, 0.717) is 24.2 Å². The molecular weight excluding hydrogens is 322 g/mol. The van der Waals surface area contributed by atoms with Crippen molar-refractivity contribution in [3.8, 4) is 23.1 Å². The number of hydrogen-bond donors (Lipinski definition) is 0. The average Bonchev–Trinajstić information content (AvgIpc) is 2.63. The van der Waals surface area contributed by atoms with E-state index in [0.717, 1.165) is 16.8 Å². The fraction of sp³-hybridized carbons (Fsp3) is 0.250. The Morgan fingerprint density at radius 1 is 1.12 bits per heavy atom. The Morgan fingerprint density at radius 3 is 2.50 bits per heavy atom. The first-order chi connectivity index (χ1) is 11.7. The molecule has 0 radical (unpaired) electrons. The average molecular weight is 340 g/mol. The summed E-state index contributed by atoms with van der Waals surface area (Å²) >= 11 is 5.90. The van der Waals surface area contributed by atoms with Gasteiger partial charge in [-0.1, -0.05) is 41.8 Å². The number of hydrogen-bond acceptors (Lipinski definition) is 3. The van der Waals surface area contributed by atoms with Crippen LogP contribution in [-0.4, -0.2) is 24.5 Å². The maximum atomic E-state index is 5.90. The predicted molar refractivity (Wildman–Crippen MR) is 95.6 cm³/mol. The van der Waals surface area contributed by atoms with Crippen molar-refractivity contribution in [1.29, 1.82) is 0 Å². The summed E-state index contributed by atoms with van der Waals surface area (Å²) in [7, 11) is 0. The van der Waals surface area contributed by atoms with Crippen LogP contribution >= 0.6 is 11.6 Å². The van der Waals surface area contributed by atoms with Crippen molar-refractivity contribution in [3.05, 3.63) is 65.3 Å². The molecule has 1 aromatic heterocycles. The van der Waals surface area contributed by atoms with Gasteiger partial charge in [0.2, 0.25) is 6.29 Å². The molecule has 3 nitrogen and oxygen atoms in total. The quantitative estimate of drug-likeness (QED) is 0.603. The van der Waals surface area contributed by atoms with Gasteiger partial charge in [0.15, 0.2) is 0 Å². The van der Waals surface area contributed by atoms with Gasteiger partial charge in [0.1, 0.15) is 0 Å². The minimum atomic E-state index is -0.470. The van der Waals surface area contributed by atoms with Gasteiger partial charge in [-0.25, -0.2) is 0 Å². The zero-order chi connectivity index (χ0) is 16.8. The summed E-state index contributed by atoms with van der Waals surface area (Å²) < 4.78 is 11.2. The summed E-state index contributed by atoms with van der Waals surface area (Å²) in [6.07, 6.45) is 5.38. The Morgan fingerprint density at radius 2 is 1.88 bits per heavy atom. The Hall–Kier alpha value is -2.12. The molecule has 0 bridgehead atoms. The third kappa shape index (κ3) is 4.46. The highest BCUT2D eigenvalue weighted by Crippen LogP contribution is 2.19. The lowest BCUT2D eigenvalue weighted by atomic mass is 10.1. The smallest absolute Gasteiger partial charge is 0.222 e. The van der Waals surface area contributed by atoms with Gasteiger partial charge in [0, 0.05) is 28.3 Å². The second-order valence-corrected chi connectivity index (χ2v) is 5.93. The number of aromatic nitrogens is 1. The van der Waals surface area contributed by atoms with Crippen LogP contribution in [0, 0.1) is 17.8 Å². The zero-order valence-electron chi connectivity index (χ0n) is 13.4. The molecule has 0 aliphatic carbocycles. The van der Waals surface area contributed by atoms with Gasteiger partial charge in [-0.3, -0.25) is 4.98 Å². The van der Waals surface area contributed by atoms with E-state index in [4.69, 9.17) is 21.1 Å². The molecule has 0 saturated carbocycles. The first-order valence-electron chi connectivity index (χ1n) is 7.84. The number of nitrogens with zero attached hydrogens (tertiary/aromatic N) is 1. The summed E-state index contributed by atoms with van der Waals surface area (Å²) in [5.74, 6) is 6.35. The van der Waals surface area contributed by atoms with Crippen molar-refractivity contribution in [2.75, 3.05) is 13.2 Å². The van der Waals surface area contributed by atoms with Crippen LogP contribution in [0.25, 0.3) is 11.3 Å². The van der Waals surface area contributed by atoms with E-state index in [2.05, 4.69) is 22.9 Å². The molecule has 24 heavy (non-hydrogen) atoms. The molecule has 0 unspecified atom stereocenters. The van der Waals surface area contributed by atoms with Crippen LogP contribution in [0.1, 0.15) is 12.5 Å². The van der Waals surface area contributed by atoms with Gasteiger partial charge in [-0.05, 0) is 37.1 Å². The molecule has 0 amide bonds. The zero-order valence-corrected chi connectivity index (χ0v) is 14.2. The van der Waals surface area contributed by atoms with Crippen LogP contribution in [0.4, 0.5) is 0 Å². The summed E-state index contributed by atoms with van der Waals surface area (Å²) in [5, 5.41) is 0.713. The molecule has 1 aliphatic heterocycles. The van der Waals surface area contributed by atoms with Crippen LogP contribution in [0.15, 0.2) is 54.7 Å². The molecule has 2 aromatic rings. The van der Waals surface area contributed by atoms with Crippen LogP contribution in [0.5, 0.6) is 0 Å². The van der Waals surface area contributed by atoms with Gasteiger partial charge < -0.3 is 9.47 Å². The van der Waals surface area contributed by atoms with E-state index in [1.807, 2.05) is 49.4 Å². The summed E-state index contributed by atoms with van der Waals surface area (Å²) in [5.41, 5.74) is 2.74. The number of allylic oxidation sites excluding steroid dienone is 1. The highest BCUT2D eigenvalue weighted by molar-refractivity contribution is 6.30. The number of pyridine rings is 1. The van der Waals surface area contributed by atoms with E-state index in [9.17, 15) is 0 Å². The third-order valence-electron chi connectivity index (χ3n) is 3.63. The molecule has 1 fully saturated rings. The van der Waals surface area contributed by atoms with Gasteiger partial charge in [-0.2, -0.15) is 0 Å². The SMILES string of the molecule is C/C=C/C1COC(C#Cc2ccc(-c3ccc(Cl)cc3)nc2)OC1. The Labute approximate surface area is 147 Å². The monoisotopic (exact) mass is 339 g/mol. The van der Waals surface area contributed by atoms with E-state index < -0.39 is 6.29 Å². The molecule has 0 spiro atoms. The molecule has 1 aliphatic rings. The van der Waals surface area contributed by atoms with Crippen LogP contribution in [-0.2, 0) is 9.47 Å². The largest absolute Gasteiger partial charge is 0.341 e. The molecule has 1 saturated heterocycles. The molecule has 1 aromatic carbocycles. The van der Waals surface area contributed by atoms with Gasteiger partial charge in [0.05, 0.1) is 18.9 Å². The minimum absolute atomic E-state index is 0.313. The molecule has 4 heteroatoms. The second-order valence-electron chi connectivity index (χ2n) is 5.49. The van der Waals surface area contributed by atoms with Gasteiger partial charge >= 0.3 is 0 Å². The van der Waals surface area contributed by atoms with Crippen LogP contribution in [0.2, 0.25) is 5.02 Å². The van der Waals surface area contributed by atoms with Crippen LogP contribution < -0.4 is 0 Å². The molecule has 0 atom stereocenters. The number of rotatable bonds is 2. The Kier molecular flexibility index (Phi) is 5.66. The van der Waals surface area contributed by atoms with Crippen molar-refractivity contribution < 1.29 is 9.47 Å². The lowest BCUT2D eigenvalue weighted by Gasteiger charge is -2.24. The fourth-order valence-electron chi connectivity index (χ4n) is 2.39. The van der Waals surface area contributed by atoms with E-state index >= 15 is 0 Å². The van der Waals surface area contributed by atoms with E-state index in [-0.39, 0.29) is 0 Å². The highest BCUT2D eigenvalue weighted by atomic mass is 35.5. The summed E-state index contributed by atoms with van der Waals surface area (Å²) in [6, 6.07) is 11.5. The lowest BCUT2D eigenvalue weighted by Crippen LogP contribution is -2.30. The predicted octanol–water partition coefficient (Wildman–Crippen LogP) is 4.32. The number of ether oxygens (including phenoxy) is 2. The van der Waals surface area contributed by atoms with Gasteiger partial charge in [0.25, 0.3) is 0 Å². The normalized spacial score (nSPS) is 20.6. The molecular formula is C20H18ClNO2. The van der Waals surface area contributed by atoms with Crippen molar-refractivity contribution in [2.24, 2.45) is 5.92 Å². The standard InChI is InChI=1S/C20H18ClNO2/c1-2-3-16-13-23-20(24-14-16)11-5-15-4-10-19(22-12-15)17-6-8-18(21)9-7-17/h2-4,6-10,12,16,20H,13-14H2,1H3/b3-2+. The van der Waals surface area contributed by atoms with E-state index in [1.165, 1.54) is 0 Å². The maximum Gasteiger partial charge on any atom is 0.222 e.